The van der Waals surface area contributed by atoms with Gasteiger partial charge in [-0.25, -0.2) is 0 Å². The van der Waals surface area contributed by atoms with Crippen LogP contribution in [0.2, 0.25) is 0 Å². The maximum Gasteiger partial charge on any atom is 0.416 e. The highest BCUT2D eigenvalue weighted by Crippen LogP contribution is 2.34. The van der Waals surface area contributed by atoms with Crippen LogP contribution in [0, 0.1) is 0 Å². The number of halogens is 3. The molecule has 2 N–H and O–H groups in total. The molecule has 212 valence electrons. The molecule has 0 radical (unpaired) electrons. The molecular formula is C30H29F3N6O2. The van der Waals surface area contributed by atoms with Gasteiger partial charge in [-0.3, -0.25) is 14.3 Å². The first-order valence-corrected chi connectivity index (χ1v) is 13.0. The minimum atomic E-state index is -4.57. The Morgan fingerprint density at radius 1 is 1.00 bits per heavy atom. The fourth-order valence-electron chi connectivity index (χ4n) is 4.79. The first-order valence-electron chi connectivity index (χ1n) is 13.0. The molecule has 0 bridgehead atoms. The second-order valence-corrected chi connectivity index (χ2v) is 10.2. The highest BCUT2D eigenvalue weighted by Gasteiger charge is 2.33. The molecule has 0 aliphatic rings. The molecule has 1 amide bonds. The number of pyridine rings is 1. The molecule has 3 aromatic carbocycles. The van der Waals surface area contributed by atoms with Crippen molar-refractivity contribution in [3.05, 3.63) is 94.5 Å². The zero-order valence-electron chi connectivity index (χ0n) is 22.8. The molecule has 0 spiro atoms. The van der Waals surface area contributed by atoms with Crippen molar-refractivity contribution in [3.8, 4) is 0 Å². The number of amides is 1. The molecule has 8 nitrogen and oxygen atoms in total. The summed E-state index contributed by atoms with van der Waals surface area (Å²) in [5, 5.41) is 12.1. The number of fused-ring (bicyclic) bond motifs is 2. The molecule has 0 unspecified atom stereocenters. The van der Waals surface area contributed by atoms with E-state index in [-0.39, 0.29) is 24.2 Å². The molecule has 0 fully saturated rings. The molecule has 2 aromatic heterocycles. The number of hydrogen-bond donors (Lipinski definition) is 2. The fraction of sp³-hybridized carbons (Fsp3) is 0.233. The molecule has 0 aliphatic carbocycles. The molecule has 0 saturated carbocycles. The van der Waals surface area contributed by atoms with Crippen LogP contribution in [0.3, 0.4) is 0 Å². The SMILES string of the molecule is CN(C)CCc1ccc(NC(=O)Cn2ccc3cccc(Nc4ccc5c(cnn5C)c4)c3c2=O)cc1C(F)(F)F. The van der Waals surface area contributed by atoms with E-state index in [1.165, 1.54) is 22.9 Å². The lowest BCUT2D eigenvalue weighted by Gasteiger charge is -2.17. The Bertz CT molecular complexity index is 1810. The number of nitrogens with one attached hydrogen (secondary N) is 2. The topological polar surface area (TPSA) is 84.2 Å². The van der Waals surface area contributed by atoms with Crippen molar-refractivity contribution in [1.29, 1.82) is 0 Å². The molecule has 41 heavy (non-hydrogen) atoms. The van der Waals surface area contributed by atoms with Crippen molar-refractivity contribution in [2.75, 3.05) is 31.3 Å². The van der Waals surface area contributed by atoms with Crippen molar-refractivity contribution in [2.45, 2.75) is 19.1 Å². The maximum absolute atomic E-state index is 13.7. The van der Waals surface area contributed by atoms with E-state index in [0.29, 0.717) is 23.0 Å². The highest BCUT2D eigenvalue weighted by atomic mass is 19.4. The van der Waals surface area contributed by atoms with Crippen molar-refractivity contribution in [1.82, 2.24) is 19.2 Å². The average Bonchev–Trinajstić information content (AvgIpc) is 3.28. The summed E-state index contributed by atoms with van der Waals surface area (Å²) in [4.78, 5) is 28.1. The Labute approximate surface area is 234 Å². The van der Waals surface area contributed by atoms with E-state index >= 15 is 0 Å². The number of alkyl halides is 3. The Morgan fingerprint density at radius 3 is 2.54 bits per heavy atom. The fourth-order valence-corrected chi connectivity index (χ4v) is 4.79. The van der Waals surface area contributed by atoms with Gasteiger partial charge in [0.1, 0.15) is 6.54 Å². The minimum Gasteiger partial charge on any atom is -0.355 e. The Hall–Kier alpha value is -4.64. The van der Waals surface area contributed by atoms with Crippen LogP contribution < -0.4 is 16.2 Å². The monoisotopic (exact) mass is 562 g/mol. The summed E-state index contributed by atoms with van der Waals surface area (Å²) in [5.74, 6) is -0.618. The van der Waals surface area contributed by atoms with E-state index < -0.39 is 23.2 Å². The lowest BCUT2D eigenvalue weighted by Crippen LogP contribution is -2.27. The standard InChI is InChI=1S/C30H29F3N6O2/c1-37(2)13-11-19-7-8-23(16-24(19)30(31,32)33)36-27(40)18-39-14-12-20-5-4-6-25(28(20)29(39)41)35-22-9-10-26-21(15-22)17-34-38(26)3/h4-10,12,14-17,35H,11,13,18H2,1-3H3,(H,36,40). The number of carbonyl (C=O) groups is 1. The van der Waals surface area contributed by atoms with Crippen molar-refractivity contribution < 1.29 is 18.0 Å². The number of nitrogens with zero attached hydrogens (tertiary/aromatic N) is 4. The van der Waals surface area contributed by atoms with E-state index in [0.717, 1.165) is 22.7 Å². The summed E-state index contributed by atoms with van der Waals surface area (Å²) in [6, 6.07) is 16.6. The summed E-state index contributed by atoms with van der Waals surface area (Å²) in [5.41, 5.74) is 1.26. The van der Waals surface area contributed by atoms with Gasteiger partial charge in [-0.1, -0.05) is 18.2 Å². The zero-order chi connectivity index (χ0) is 29.3. The van der Waals surface area contributed by atoms with E-state index in [9.17, 15) is 22.8 Å². The van der Waals surface area contributed by atoms with Gasteiger partial charge in [0.15, 0.2) is 0 Å². The second-order valence-electron chi connectivity index (χ2n) is 10.2. The molecular weight excluding hydrogens is 533 g/mol. The van der Waals surface area contributed by atoms with Crippen LogP contribution in [0.15, 0.2) is 77.9 Å². The maximum atomic E-state index is 13.7. The van der Waals surface area contributed by atoms with Gasteiger partial charge in [-0.05, 0) is 73.9 Å². The van der Waals surface area contributed by atoms with Crippen molar-refractivity contribution in [2.24, 2.45) is 7.05 Å². The molecule has 5 aromatic rings. The van der Waals surface area contributed by atoms with Gasteiger partial charge in [0.25, 0.3) is 5.56 Å². The minimum absolute atomic E-state index is 0.0120. The summed E-state index contributed by atoms with van der Waals surface area (Å²) in [6.45, 7) is 0.0864. The van der Waals surface area contributed by atoms with E-state index in [1.54, 1.807) is 48.1 Å². The second kappa shape index (κ2) is 11.1. The van der Waals surface area contributed by atoms with Gasteiger partial charge in [0.05, 0.1) is 28.4 Å². The predicted octanol–water partition coefficient (Wildman–Crippen LogP) is 5.39. The van der Waals surface area contributed by atoms with Crippen LogP contribution in [0.25, 0.3) is 21.7 Å². The van der Waals surface area contributed by atoms with Crippen LogP contribution in [-0.4, -0.2) is 45.8 Å². The lowest BCUT2D eigenvalue weighted by molar-refractivity contribution is -0.138. The van der Waals surface area contributed by atoms with E-state index in [1.807, 2.05) is 31.3 Å². The number of anilines is 3. The number of hydrogen-bond acceptors (Lipinski definition) is 5. The Kier molecular flexibility index (Phi) is 7.55. The molecule has 0 atom stereocenters. The average molecular weight is 563 g/mol. The predicted molar refractivity (Wildman–Crippen MR) is 155 cm³/mol. The summed E-state index contributed by atoms with van der Waals surface area (Å²) in [7, 11) is 5.43. The summed E-state index contributed by atoms with van der Waals surface area (Å²) >= 11 is 0. The Morgan fingerprint density at radius 2 is 1.78 bits per heavy atom. The quantitative estimate of drug-likeness (QED) is 0.265. The Balaban J connectivity index is 1.38. The van der Waals surface area contributed by atoms with E-state index in [4.69, 9.17) is 0 Å². The molecule has 5 rings (SSSR count). The lowest BCUT2D eigenvalue weighted by atomic mass is 10.0. The third kappa shape index (κ3) is 6.09. The normalized spacial score (nSPS) is 11.9. The van der Waals surface area contributed by atoms with Crippen LogP contribution in [0.1, 0.15) is 11.1 Å². The van der Waals surface area contributed by atoms with Gasteiger partial charge < -0.3 is 20.1 Å². The van der Waals surface area contributed by atoms with Crippen LogP contribution >= 0.6 is 0 Å². The third-order valence-corrected chi connectivity index (χ3v) is 6.87. The van der Waals surface area contributed by atoms with Gasteiger partial charge in [-0.2, -0.15) is 18.3 Å². The van der Waals surface area contributed by atoms with Crippen molar-refractivity contribution >= 4 is 44.6 Å². The van der Waals surface area contributed by atoms with Gasteiger partial charge >= 0.3 is 6.18 Å². The number of carbonyl (C=O) groups excluding carboxylic acids is 1. The smallest absolute Gasteiger partial charge is 0.355 e. The third-order valence-electron chi connectivity index (χ3n) is 6.87. The molecule has 2 heterocycles. The number of rotatable bonds is 8. The van der Waals surface area contributed by atoms with E-state index in [2.05, 4.69) is 15.7 Å². The van der Waals surface area contributed by atoms with Crippen LogP contribution in [0.4, 0.5) is 30.2 Å². The first-order chi connectivity index (χ1) is 19.5. The highest BCUT2D eigenvalue weighted by molar-refractivity contribution is 5.96. The summed E-state index contributed by atoms with van der Waals surface area (Å²) < 4.78 is 44.2. The molecule has 0 aliphatic heterocycles. The van der Waals surface area contributed by atoms with Crippen LogP contribution in [-0.2, 0) is 31.0 Å². The largest absolute Gasteiger partial charge is 0.416 e. The number of aryl methyl sites for hydroxylation is 1. The number of likely N-dealkylation sites (N-methyl/N-ethyl adjacent to an activating group) is 1. The van der Waals surface area contributed by atoms with Gasteiger partial charge in [0, 0.05) is 36.6 Å². The van der Waals surface area contributed by atoms with Gasteiger partial charge in [-0.15, -0.1) is 0 Å². The zero-order valence-corrected chi connectivity index (χ0v) is 22.8. The van der Waals surface area contributed by atoms with Crippen LogP contribution in [0.5, 0.6) is 0 Å². The first kappa shape index (κ1) is 27.9. The van der Waals surface area contributed by atoms with Gasteiger partial charge in [0.2, 0.25) is 5.91 Å². The molecule has 0 saturated heterocycles. The van der Waals surface area contributed by atoms with Crippen molar-refractivity contribution in [3.63, 3.8) is 0 Å². The molecule has 11 heteroatoms. The number of benzene rings is 3. The number of aromatic nitrogens is 3. The summed E-state index contributed by atoms with van der Waals surface area (Å²) in [6.07, 6.45) is -1.09.